The zero-order valence-corrected chi connectivity index (χ0v) is 42.3. The fourth-order valence-electron chi connectivity index (χ4n) is 6.71. The molecule has 0 aliphatic rings. The molecule has 21 N–H and O–H groups in total. The Bertz CT molecular complexity index is 1970. The first kappa shape index (κ1) is 66.8. The lowest BCUT2D eigenvalue weighted by molar-refractivity contribution is -0.143. The van der Waals surface area contributed by atoms with E-state index >= 15 is 0 Å². The normalized spacial score (nSPS) is 15.0. The molecule has 0 radical (unpaired) electrons. The van der Waals surface area contributed by atoms with Crippen molar-refractivity contribution in [3.05, 3.63) is 0 Å². The number of guanidine groups is 1. The van der Waals surface area contributed by atoms with Gasteiger partial charge in [0.15, 0.2) is 5.96 Å². The van der Waals surface area contributed by atoms with Crippen molar-refractivity contribution < 1.29 is 83.1 Å². The summed E-state index contributed by atoms with van der Waals surface area (Å²) in [5, 5.41) is 66.9. The SMILES string of the molecule is CC[C@H](C)[C@H](NC(=O)[C@H](C)N)C(=O)N[C@@H](CCC(=O)O)C(=O)N[C@H](C(=O)N[C@@H](CO)C(=O)N[C@@H](CCCN=C(N)N)C(=O)N[C@@H](CCC(=O)O)C(=O)N[C@@H](CCC(=O)O)C(=O)N[C@@H](CCCCN)C(=O)O)C(C)C. The van der Waals surface area contributed by atoms with Gasteiger partial charge in [-0.25, -0.2) is 4.79 Å². The number of aliphatic imine (C=N–C) groups is 1. The molecule has 0 fully saturated rings. The molecule has 74 heavy (non-hydrogen) atoms. The molecule has 0 saturated heterocycles. The third kappa shape index (κ3) is 26.5. The Labute approximate surface area is 427 Å². The molecule has 0 aromatic heterocycles. The monoisotopic (exact) mass is 1060 g/mol. The lowest BCUT2D eigenvalue weighted by Crippen LogP contribution is -2.62. The Morgan fingerprint density at radius 3 is 1.22 bits per heavy atom. The number of aliphatic hydroxyl groups excluding tert-OH is 1. The van der Waals surface area contributed by atoms with E-state index in [1.165, 1.54) is 20.8 Å². The number of rotatable bonds is 38. The number of hydrogen-bond donors (Lipinski definition) is 17. The molecule has 0 unspecified atom stereocenters. The minimum absolute atomic E-state index is 0.0382. The molecule has 8 amide bonds. The number of carboxylic acids is 4. The molecule has 30 nitrogen and oxygen atoms in total. The van der Waals surface area contributed by atoms with Crippen LogP contribution in [0.5, 0.6) is 0 Å². The maximum atomic E-state index is 14.0. The summed E-state index contributed by atoms with van der Waals surface area (Å²) >= 11 is 0. The van der Waals surface area contributed by atoms with Gasteiger partial charge in [0.05, 0.1) is 12.6 Å². The number of carbonyl (C=O) groups is 12. The Kier molecular flexibility index (Phi) is 31.6. The summed E-state index contributed by atoms with van der Waals surface area (Å²) in [7, 11) is 0. The highest BCUT2D eigenvalue weighted by Crippen LogP contribution is 2.12. The van der Waals surface area contributed by atoms with Gasteiger partial charge in [-0.1, -0.05) is 34.1 Å². The fourth-order valence-corrected chi connectivity index (χ4v) is 6.71. The van der Waals surface area contributed by atoms with E-state index in [9.17, 15) is 83.1 Å². The molecule has 0 heterocycles. The van der Waals surface area contributed by atoms with Crippen LogP contribution >= 0.6 is 0 Å². The van der Waals surface area contributed by atoms with Crippen molar-refractivity contribution in [2.45, 2.75) is 166 Å². The third-order valence-electron chi connectivity index (χ3n) is 11.2. The summed E-state index contributed by atoms with van der Waals surface area (Å²) in [4.78, 5) is 159. The van der Waals surface area contributed by atoms with E-state index in [0.717, 1.165) is 0 Å². The van der Waals surface area contributed by atoms with Crippen molar-refractivity contribution in [3.63, 3.8) is 0 Å². The number of carbonyl (C=O) groups excluding carboxylic acids is 8. The Morgan fingerprint density at radius 2 is 0.838 bits per heavy atom. The van der Waals surface area contributed by atoms with Crippen LogP contribution in [0.25, 0.3) is 0 Å². The molecule has 0 spiro atoms. The van der Waals surface area contributed by atoms with Gasteiger partial charge in [-0.2, -0.15) is 0 Å². The summed E-state index contributed by atoms with van der Waals surface area (Å²) in [5.41, 5.74) is 22.0. The molecule has 0 bridgehead atoms. The molecule has 0 rings (SSSR count). The zero-order valence-electron chi connectivity index (χ0n) is 42.3. The van der Waals surface area contributed by atoms with Gasteiger partial charge < -0.3 is 91.0 Å². The number of aliphatic carboxylic acids is 4. The Hall–Kier alpha value is -7.21. The summed E-state index contributed by atoms with van der Waals surface area (Å²) in [6.07, 6.45) is -3.07. The quantitative estimate of drug-likeness (QED) is 0.0156. The smallest absolute Gasteiger partial charge is 0.326 e. The third-order valence-corrected chi connectivity index (χ3v) is 11.2. The van der Waals surface area contributed by atoms with E-state index in [2.05, 4.69) is 47.5 Å². The van der Waals surface area contributed by atoms with E-state index in [0.29, 0.717) is 12.8 Å². The van der Waals surface area contributed by atoms with Gasteiger partial charge in [0.1, 0.15) is 48.3 Å². The van der Waals surface area contributed by atoms with Gasteiger partial charge in [-0.3, -0.25) is 57.7 Å². The molecule has 0 aliphatic carbocycles. The van der Waals surface area contributed by atoms with Gasteiger partial charge in [0.2, 0.25) is 47.3 Å². The van der Waals surface area contributed by atoms with Gasteiger partial charge in [-0.05, 0) is 76.7 Å². The van der Waals surface area contributed by atoms with Crippen molar-refractivity contribution in [1.82, 2.24) is 42.5 Å². The van der Waals surface area contributed by atoms with Crippen LogP contribution in [0, 0.1) is 11.8 Å². The zero-order chi connectivity index (χ0) is 56.8. The van der Waals surface area contributed by atoms with E-state index < -0.39 is 182 Å². The van der Waals surface area contributed by atoms with Gasteiger partial charge in [0, 0.05) is 25.8 Å². The summed E-state index contributed by atoms with van der Waals surface area (Å²) < 4.78 is 0. The van der Waals surface area contributed by atoms with Gasteiger partial charge in [-0.15, -0.1) is 0 Å². The lowest BCUT2D eigenvalue weighted by atomic mass is 9.97. The van der Waals surface area contributed by atoms with Gasteiger partial charge in [0.25, 0.3) is 0 Å². The topological polar surface area (TPSA) is 519 Å². The highest BCUT2D eigenvalue weighted by molar-refractivity contribution is 5.98. The van der Waals surface area contributed by atoms with Crippen LogP contribution in [0.2, 0.25) is 0 Å². The summed E-state index contributed by atoms with van der Waals surface area (Å²) in [6, 6.07) is -13.8. The van der Waals surface area contributed by atoms with Crippen LogP contribution in [0.4, 0.5) is 0 Å². The maximum Gasteiger partial charge on any atom is 0.326 e. The molecule has 0 aliphatic heterocycles. The number of nitrogens with one attached hydrogen (secondary N) is 8. The number of aliphatic hydroxyl groups is 1. The predicted molar refractivity (Wildman–Crippen MR) is 262 cm³/mol. The molecular formula is C44H77N13O17. The molecule has 10 atom stereocenters. The van der Waals surface area contributed by atoms with Crippen LogP contribution in [0.15, 0.2) is 4.99 Å². The minimum Gasteiger partial charge on any atom is -0.481 e. The van der Waals surface area contributed by atoms with Crippen LogP contribution in [-0.4, -0.2) is 177 Å². The number of nitrogens with zero attached hydrogens (tertiary/aromatic N) is 1. The largest absolute Gasteiger partial charge is 0.481 e. The number of carboxylic acid groups (broad SMARTS) is 4. The number of amides is 8. The molecular weight excluding hydrogens is 983 g/mol. The molecule has 0 aromatic carbocycles. The van der Waals surface area contributed by atoms with Crippen LogP contribution in [0.3, 0.4) is 0 Å². The average molecular weight is 1060 g/mol. The maximum absolute atomic E-state index is 14.0. The second-order valence-corrected chi connectivity index (χ2v) is 17.8. The van der Waals surface area contributed by atoms with Crippen molar-refractivity contribution in [3.8, 4) is 0 Å². The second-order valence-electron chi connectivity index (χ2n) is 17.8. The van der Waals surface area contributed by atoms with Crippen LogP contribution < -0.4 is 65.5 Å². The van der Waals surface area contributed by atoms with E-state index in [-0.39, 0.29) is 44.7 Å². The molecule has 420 valence electrons. The highest BCUT2D eigenvalue weighted by Gasteiger charge is 2.36. The Morgan fingerprint density at radius 1 is 0.473 bits per heavy atom. The first-order valence-electron chi connectivity index (χ1n) is 24.0. The fraction of sp³-hybridized carbons (Fsp3) is 0.705. The van der Waals surface area contributed by atoms with Crippen molar-refractivity contribution in [2.75, 3.05) is 19.7 Å². The first-order valence-corrected chi connectivity index (χ1v) is 24.0. The van der Waals surface area contributed by atoms with E-state index in [1.807, 2.05) is 0 Å². The first-order chi connectivity index (χ1) is 34.6. The van der Waals surface area contributed by atoms with E-state index in [1.54, 1.807) is 13.8 Å². The highest BCUT2D eigenvalue weighted by atomic mass is 16.4. The predicted octanol–water partition coefficient (Wildman–Crippen LogP) is -5.23. The number of hydrogen-bond acceptors (Lipinski definition) is 16. The number of nitrogens with two attached hydrogens (primary N) is 4. The average Bonchev–Trinajstić information content (AvgIpc) is 3.32. The van der Waals surface area contributed by atoms with Crippen LogP contribution in [0.1, 0.15) is 112 Å². The van der Waals surface area contributed by atoms with Crippen molar-refractivity contribution in [1.29, 1.82) is 0 Å². The second kappa shape index (κ2) is 35.0. The number of unbranched alkanes of at least 4 members (excludes halogenated alkanes) is 1. The lowest BCUT2D eigenvalue weighted by Gasteiger charge is -2.29. The van der Waals surface area contributed by atoms with Gasteiger partial charge >= 0.3 is 23.9 Å². The molecule has 30 heteroatoms. The summed E-state index contributed by atoms with van der Waals surface area (Å²) in [6.45, 7) is 6.74. The van der Waals surface area contributed by atoms with E-state index in [4.69, 9.17) is 22.9 Å². The standard InChI is InChI=1S/C44H77N13O17/c1-6-22(4)34(57-35(65)23(5)46)42(72)53-27(14-17-32(63)64)39(69)56-33(21(2)3)41(71)55-29(20-58)40(70)50-24(11-9-19-49-44(47)48)36(66)51-25(12-15-30(59)60)37(67)52-26(13-16-31(61)62)38(68)54-28(43(73)74)10-7-8-18-45/h21-29,33-34,58H,6-20,45-46H2,1-5H3,(H,50,70)(H,51,66)(H,52,67)(H,53,72)(H,54,68)(H,55,71)(H,56,69)(H,57,65)(H,59,60)(H,61,62)(H,63,64)(H,73,74)(H4,47,48,49)/t22-,23-,24-,25-,26-,27-,28-,29-,33-,34-/m0/s1. The van der Waals surface area contributed by atoms with Crippen LogP contribution in [-0.2, 0) is 57.5 Å². The molecule has 0 aromatic rings. The van der Waals surface area contributed by atoms with Crippen molar-refractivity contribution >= 4 is 77.1 Å². The summed E-state index contributed by atoms with van der Waals surface area (Å²) in [5.74, 6) is -15.5. The molecule has 0 saturated carbocycles. The minimum atomic E-state index is -1.86. The Balaban J connectivity index is 6.73. The van der Waals surface area contributed by atoms with Crippen molar-refractivity contribution in [2.24, 2.45) is 39.8 Å².